The van der Waals surface area contributed by atoms with E-state index in [9.17, 15) is 9.59 Å². The molecule has 0 saturated carbocycles. The Kier molecular flexibility index (Phi) is 6.54. The summed E-state index contributed by atoms with van der Waals surface area (Å²) in [7, 11) is 0. The first kappa shape index (κ1) is 16.5. The average molecular weight is 297 g/mol. The molecule has 110 valence electrons. The molecule has 1 aromatic carbocycles. The van der Waals surface area contributed by atoms with E-state index in [-0.39, 0.29) is 12.3 Å². The minimum Gasteiger partial charge on any atom is -0.480 e. The van der Waals surface area contributed by atoms with Crippen molar-refractivity contribution in [3.05, 3.63) is 35.9 Å². The Morgan fingerprint density at radius 2 is 1.95 bits per heavy atom. The molecule has 0 fully saturated rings. The number of benzene rings is 1. The first-order valence-electron chi connectivity index (χ1n) is 6.24. The normalized spacial score (nSPS) is 11.1. The van der Waals surface area contributed by atoms with Gasteiger partial charge in [-0.1, -0.05) is 30.3 Å². The largest absolute Gasteiger partial charge is 0.480 e. The second-order valence-corrected chi connectivity index (χ2v) is 5.68. The summed E-state index contributed by atoms with van der Waals surface area (Å²) in [4.78, 5) is 22.4. The molecular weight excluding hydrogens is 278 g/mol. The van der Waals surface area contributed by atoms with E-state index in [4.69, 9.17) is 9.29 Å². The Hall–Kier alpha value is -1.53. The van der Waals surface area contributed by atoms with Crippen LogP contribution in [0.3, 0.4) is 0 Å². The van der Waals surface area contributed by atoms with Gasteiger partial charge in [-0.15, -0.1) is 0 Å². The molecule has 0 saturated heterocycles. The number of rotatable bonds is 8. The van der Waals surface area contributed by atoms with Crippen LogP contribution in [0.1, 0.15) is 25.8 Å². The van der Waals surface area contributed by atoms with Gasteiger partial charge in [-0.25, -0.2) is 4.79 Å². The van der Waals surface area contributed by atoms with E-state index in [1.165, 1.54) is 25.9 Å². The Morgan fingerprint density at radius 3 is 2.55 bits per heavy atom. The lowest BCUT2D eigenvalue weighted by Crippen LogP contribution is -2.49. The zero-order valence-electron chi connectivity index (χ0n) is 11.6. The third-order valence-corrected chi connectivity index (χ3v) is 3.21. The van der Waals surface area contributed by atoms with E-state index < -0.39 is 11.5 Å². The third kappa shape index (κ3) is 6.08. The SMILES string of the molecule is CC(C)(NC(=O)CCSOCc1ccccc1)C(=O)O. The van der Waals surface area contributed by atoms with Crippen molar-refractivity contribution in [1.82, 2.24) is 5.32 Å². The summed E-state index contributed by atoms with van der Waals surface area (Å²) < 4.78 is 5.37. The number of aliphatic carboxylic acids is 1. The standard InChI is InChI=1S/C14H19NO4S/c1-14(2,13(17)18)15-12(16)8-9-20-19-10-11-6-4-3-5-7-11/h3-7H,8-10H2,1-2H3,(H,15,16)(H,17,18). The Labute approximate surface area is 122 Å². The van der Waals surface area contributed by atoms with Crippen molar-refractivity contribution in [2.75, 3.05) is 5.75 Å². The van der Waals surface area contributed by atoms with Crippen LogP contribution >= 0.6 is 12.0 Å². The fourth-order valence-corrected chi connectivity index (χ4v) is 1.95. The van der Waals surface area contributed by atoms with E-state index in [1.807, 2.05) is 30.3 Å². The highest BCUT2D eigenvalue weighted by molar-refractivity contribution is 7.94. The maximum absolute atomic E-state index is 11.6. The minimum absolute atomic E-state index is 0.218. The molecule has 0 spiro atoms. The van der Waals surface area contributed by atoms with Crippen LogP contribution in [0, 0.1) is 0 Å². The molecule has 0 heterocycles. The molecule has 6 heteroatoms. The van der Waals surface area contributed by atoms with Crippen molar-refractivity contribution in [2.45, 2.75) is 32.4 Å². The molecule has 0 aliphatic rings. The first-order chi connectivity index (χ1) is 9.42. The van der Waals surface area contributed by atoms with Crippen molar-refractivity contribution in [3.8, 4) is 0 Å². The summed E-state index contributed by atoms with van der Waals surface area (Å²) in [5.41, 5.74) is -0.177. The number of carbonyl (C=O) groups is 2. The molecule has 0 unspecified atom stereocenters. The van der Waals surface area contributed by atoms with Crippen molar-refractivity contribution in [3.63, 3.8) is 0 Å². The number of hydrogen-bond donors (Lipinski definition) is 2. The molecule has 0 atom stereocenters. The average Bonchev–Trinajstić information content (AvgIpc) is 2.38. The van der Waals surface area contributed by atoms with E-state index in [0.717, 1.165) is 5.56 Å². The van der Waals surface area contributed by atoms with Gasteiger partial charge in [-0.05, 0) is 31.5 Å². The van der Waals surface area contributed by atoms with E-state index >= 15 is 0 Å². The molecule has 5 nitrogen and oxygen atoms in total. The Morgan fingerprint density at radius 1 is 1.30 bits per heavy atom. The molecule has 0 aliphatic heterocycles. The number of carboxylic acid groups (broad SMARTS) is 1. The van der Waals surface area contributed by atoms with Crippen LogP contribution < -0.4 is 5.32 Å². The molecule has 2 N–H and O–H groups in total. The maximum atomic E-state index is 11.6. The van der Waals surface area contributed by atoms with Crippen molar-refractivity contribution in [1.29, 1.82) is 0 Å². The summed E-state index contributed by atoms with van der Waals surface area (Å²) in [6.45, 7) is 3.38. The second-order valence-electron chi connectivity index (χ2n) is 4.80. The molecule has 0 radical (unpaired) electrons. The summed E-state index contributed by atoms with van der Waals surface area (Å²) in [6.07, 6.45) is 0.218. The zero-order valence-corrected chi connectivity index (χ0v) is 12.4. The van der Waals surface area contributed by atoms with Crippen LogP contribution in [0.2, 0.25) is 0 Å². The fourth-order valence-electron chi connectivity index (χ4n) is 1.34. The van der Waals surface area contributed by atoms with Crippen LogP contribution in [-0.2, 0) is 20.4 Å². The molecule has 1 aromatic rings. The summed E-state index contributed by atoms with van der Waals surface area (Å²) in [5, 5.41) is 11.3. The number of hydrogen-bond acceptors (Lipinski definition) is 4. The number of nitrogens with one attached hydrogen (secondary N) is 1. The van der Waals surface area contributed by atoms with E-state index in [0.29, 0.717) is 12.4 Å². The van der Waals surface area contributed by atoms with E-state index in [2.05, 4.69) is 5.32 Å². The molecule has 1 amide bonds. The highest BCUT2D eigenvalue weighted by Crippen LogP contribution is 2.10. The van der Waals surface area contributed by atoms with Crippen molar-refractivity contribution >= 4 is 23.9 Å². The van der Waals surface area contributed by atoms with Crippen LogP contribution in [0.4, 0.5) is 0 Å². The molecular formula is C14H19NO4S. The van der Waals surface area contributed by atoms with E-state index in [1.54, 1.807) is 0 Å². The van der Waals surface area contributed by atoms with Gasteiger partial charge < -0.3 is 14.6 Å². The predicted molar refractivity (Wildman–Crippen MR) is 78.2 cm³/mol. The topological polar surface area (TPSA) is 75.6 Å². The van der Waals surface area contributed by atoms with Crippen LogP contribution in [-0.4, -0.2) is 28.3 Å². The summed E-state index contributed by atoms with van der Waals surface area (Å²) in [6, 6.07) is 9.73. The van der Waals surface area contributed by atoms with Crippen LogP contribution in [0.25, 0.3) is 0 Å². The number of carboxylic acids is 1. The molecule has 0 bridgehead atoms. The maximum Gasteiger partial charge on any atom is 0.328 e. The third-order valence-electron chi connectivity index (χ3n) is 2.55. The first-order valence-corrected chi connectivity index (χ1v) is 7.15. The van der Waals surface area contributed by atoms with Crippen LogP contribution in [0.5, 0.6) is 0 Å². The number of amides is 1. The monoisotopic (exact) mass is 297 g/mol. The van der Waals surface area contributed by atoms with Gasteiger partial charge in [0.15, 0.2) is 0 Å². The van der Waals surface area contributed by atoms with Gasteiger partial charge in [-0.3, -0.25) is 4.79 Å². The predicted octanol–water partition coefficient (Wildman–Crippen LogP) is 2.22. The second kappa shape index (κ2) is 7.91. The molecule has 1 rings (SSSR count). The van der Waals surface area contributed by atoms with Gasteiger partial charge in [0, 0.05) is 12.2 Å². The van der Waals surface area contributed by atoms with Gasteiger partial charge >= 0.3 is 5.97 Å². The zero-order chi connectivity index (χ0) is 15.0. The van der Waals surface area contributed by atoms with Gasteiger partial charge in [0.2, 0.25) is 5.91 Å². The highest BCUT2D eigenvalue weighted by atomic mass is 32.2. The fraction of sp³-hybridized carbons (Fsp3) is 0.429. The van der Waals surface area contributed by atoms with Gasteiger partial charge in [0.25, 0.3) is 0 Å². The Balaban J connectivity index is 2.15. The van der Waals surface area contributed by atoms with Crippen molar-refractivity contribution < 1.29 is 18.9 Å². The minimum atomic E-state index is -1.24. The van der Waals surface area contributed by atoms with Gasteiger partial charge in [0.1, 0.15) is 5.54 Å². The van der Waals surface area contributed by atoms with Crippen molar-refractivity contribution in [2.24, 2.45) is 0 Å². The molecule has 0 aliphatic carbocycles. The molecule has 0 aromatic heterocycles. The lowest BCUT2D eigenvalue weighted by Gasteiger charge is -2.20. The smallest absolute Gasteiger partial charge is 0.328 e. The van der Waals surface area contributed by atoms with Crippen LogP contribution in [0.15, 0.2) is 30.3 Å². The van der Waals surface area contributed by atoms with Gasteiger partial charge in [0.05, 0.1) is 6.61 Å². The quantitative estimate of drug-likeness (QED) is 0.568. The summed E-state index contributed by atoms with van der Waals surface area (Å²) >= 11 is 1.20. The van der Waals surface area contributed by atoms with Gasteiger partial charge in [-0.2, -0.15) is 0 Å². The lowest BCUT2D eigenvalue weighted by molar-refractivity contribution is -0.145. The highest BCUT2D eigenvalue weighted by Gasteiger charge is 2.28. The summed E-state index contributed by atoms with van der Waals surface area (Å²) in [5.74, 6) is -0.874. The Bertz CT molecular complexity index is 448. The number of carbonyl (C=O) groups excluding carboxylic acids is 1. The molecule has 20 heavy (non-hydrogen) atoms. The lowest BCUT2D eigenvalue weighted by atomic mass is 10.1.